The van der Waals surface area contributed by atoms with Crippen LogP contribution in [0.25, 0.3) is 0 Å². The zero-order valence-corrected chi connectivity index (χ0v) is 13.7. The number of fused-ring (bicyclic) bond motifs is 1. The molecule has 0 spiro atoms. The van der Waals surface area contributed by atoms with E-state index in [4.69, 9.17) is 11.6 Å². The third-order valence-corrected chi connectivity index (χ3v) is 3.98. The van der Waals surface area contributed by atoms with Crippen LogP contribution in [0, 0.1) is 0 Å². The quantitative estimate of drug-likeness (QED) is 0.928. The van der Waals surface area contributed by atoms with Gasteiger partial charge in [-0.3, -0.25) is 9.69 Å². The number of hydrogen-bond acceptors (Lipinski definition) is 5. The van der Waals surface area contributed by atoms with Crippen LogP contribution in [0.2, 0.25) is 5.02 Å². The molecule has 0 fully saturated rings. The van der Waals surface area contributed by atoms with E-state index in [1.54, 1.807) is 12.1 Å². The first-order chi connectivity index (χ1) is 11.1. The number of aryl methyl sites for hydroxylation is 1. The first-order valence-electron chi connectivity index (χ1n) is 7.61. The summed E-state index contributed by atoms with van der Waals surface area (Å²) in [6.07, 6.45) is 5.11. The number of hydrogen-bond donors (Lipinski definition) is 1. The zero-order chi connectivity index (χ0) is 16.2. The van der Waals surface area contributed by atoms with E-state index in [1.165, 1.54) is 11.8 Å². The molecule has 0 saturated heterocycles. The van der Waals surface area contributed by atoms with Gasteiger partial charge in [-0.25, -0.2) is 15.0 Å². The molecule has 0 atom stereocenters. The van der Waals surface area contributed by atoms with Crippen LogP contribution in [0.4, 0.5) is 5.82 Å². The fourth-order valence-corrected chi connectivity index (χ4v) is 2.65. The van der Waals surface area contributed by atoms with E-state index in [0.717, 1.165) is 30.9 Å². The van der Waals surface area contributed by atoms with E-state index in [0.29, 0.717) is 23.9 Å². The normalized spacial score (nSPS) is 14.3. The van der Waals surface area contributed by atoms with Gasteiger partial charge in [-0.1, -0.05) is 18.5 Å². The van der Waals surface area contributed by atoms with Crippen LogP contribution in [0.5, 0.6) is 0 Å². The summed E-state index contributed by atoms with van der Waals surface area (Å²) in [4.78, 5) is 27.2. The molecular weight excluding hydrogens is 314 g/mol. The minimum atomic E-state index is -0.0898. The summed E-state index contributed by atoms with van der Waals surface area (Å²) in [6, 6.07) is 3.39. The van der Waals surface area contributed by atoms with Gasteiger partial charge in [0.15, 0.2) is 0 Å². The molecule has 7 heteroatoms. The maximum absolute atomic E-state index is 12.1. The lowest BCUT2D eigenvalue weighted by atomic mass is 10.1. The highest BCUT2D eigenvalue weighted by Gasteiger charge is 2.20. The second-order valence-corrected chi connectivity index (χ2v) is 5.92. The Labute approximate surface area is 139 Å². The van der Waals surface area contributed by atoms with Gasteiger partial charge in [0.05, 0.1) is 17.3 Å². The predicted octanol–water partition coefficient (Wildman–Crippen LogP) is 2.08. The van der Waals surface area contributed by atoms with Gasteiger partial charge in [-0.05, 0) is 24.1 Å². The van der Waals surface area contributed by atoms with E-state index >= 15 is 0 Å². The third-order valence-electron chi connectivity index (χ3n) is 3.75. The summed E-state index contributed by atoms with van der Waals surface area (Å²) in [7, 11) is 0. The summed E-state index contributed by atoms with van der Waals surface area (Å²) in [5.41, 5.74) is 2.21. The fraction of sp³-hybridized carbons (Fsp3) is 0.375. The van der Waals surface area contributed by atoms with E-state index < -0.39 is 0 Å². The van der Waals surface area contributed by atoms with E-state index in [-0.39, 0.29) is 5.91 Å². The zero-order valence-electron chi connectivity index (χ0n) is 12.9. The van der Waals surface area contributed by atoms with Gasteiger partial charge >= 0.3 is 0 Å². The van der Waals surface area contributed by atoms with Crippen molar-refractivity contribution in [3.8, 4) is 0 Å². The summed E-state index contributed by atoms with van der Waals surface area (Å²) >= 11 is 5.78. The number of nitrogens with one attached hydrogen (secondary N) is 1. The van der Waals surface area contributed by atoms with Gasteiger partial charge < -0.3 is 5.32 Å². The van der Waals surface area contributed by atoms with Crippen molar-refractivity contribution in [3.63, 3.8) is 0 Å². The molecule has 0 aliphatic carbocycles. The van der Waals surface area contributed by atoms with Gasteiger partial charge in [0.2, 0.25) is 5.91 Å². The topological polar surface area (TPSA) is 71.0 Å². The molecule has 0 bridgehead atoms. The second kappa shape index (κ2) is 7.02. The highest BCUT2D eigenvalue weighted by Crippen LogP contribution is 2.16. The molecule has 0 aromatic carbocycles. The Morgan fingerprint density at radius 3 is 2.96 bits per heavy atom. The number of amides is 1. The number of anilines is 1. The highest BCUT2D eigenvalue weighted by molar-refractivity contribution is 6.30. The Balaban J connectivity index is 1.60. The predicted molar refractivity (Wildman–Crippen MR) is 88.3 cm³/mol. The molecule has 0 radical (unpaired) electrons. The van der Waals surface area contributed by atoms with Gasteiger partial charge in [0.25, 0.3) is 0 Å². The molecule has 3 heterocycles. The van der Waals surface area contributed by atoms with Gasteiger partial charge in [0, 0.05) is 31.9 Å². The molecule has 1 amide bonds. The largest absolute Gasteiger partial charge is 0.310 e. The summed E-state index contributed by atoms with van der Waals surface area (Å²) in [6.45, 7) is 3.85. The van der Waals surface area contributed by atoms with Crippen molar-refractivity contribution in [1.82, 2.24) is 19.9 Å². The minimum absolute atomic E-state index is 0.0898. The molecule has 1 aliphatic heterocycles. The van der Waals surface area contributed by atoms with E-state index in [1.807, 2.05) is 13.1 Å². The van der Waals surface area contributed by atoms with Crippen LogP contribution in [0.3, 0.4) is 0 Å². The van der Waals surface area contributed by atoms with Crippen molar-refractivity contribution >= 4 is 23.3 Å². The second-order valence-electron chi connectivity index (χ2n) is 5.48. The molecule has 23 heavy (non-hydrogen) atoms. The summed E-state index contributed by atoms with van der Waals surface area (Å²) in [5, 5.41) is 3.32. The Hall–Kier alpha value is -2.05. The molecule has 1 aliphatic rings. The van der Waals surface area contributed by atoms with Crippen LogP contribution in [-0.4, -0.2) is 38.8 Å². The lowest BCUT2D eigenvalue weighted by Crippen LogP contribution is -2.37. The monoisotopic (exact) mass is 331 g/mol. The maximum Gasteiger partial charge on any atom is 0.239 e. The molecule has 0 saturated carbocycles. The first kappa shape index (κ1) is 15.8. The number of nitrogens with zero attached hydrogens (tertiary/aromatic N) is 4. The number of carbonyl (C=O) groups excluding carboxylic acids is 1. The fourth-order valence-electron chi connectivity index (χ4n) is 2.54. The Morgan fingerprint density at radius 2 is 2.22 bits per heavy atom. The smallest absolute Gasteiger partial charge is 0.239 e. The van der Waals surface area contributed by atoms with Crippen molar-refractivity contribution < 1.29 is 4.79 Å². The number of aromatic nitrogens is 3. The van der Waals surface area contributed by atoms with Crippen LogP contribution in [-0.2, 0) is 24.2 Å². The molecule has 1 N–H and O–H groups in total. The van der Waals surface area contributed by atoms with Gasteiger partial charge in [0.1, 0.15) is 11.6 Å². The molecule has 3 rings (SSSR count). The summed E-state index contributed by atoms with van der Waals surface area (Å²) < 4.78 is 0. The number of halogens is 1. The molecule has 6 nitrogen and oxygen atoms in total. The van der Waals surface area contributed by atoms with Crippen LogP contribution < -0.4 is 5.32 Å². The molecule has 120 valence electrons. The van der Waals surface area contributed by atoms with Crippen molar-refractivity contribution in [2.24, 2.45) is 0 Å². The average molecular weight is 332 g/mol. The molecule has 2 aromatic rings. The number of carbonyl (C=O) groups is 1. The first-order valence-corrected chi connectivity index (χ1v) is 7.99. The Bertz CT molecular complexity index is 704. The SMILES string of the molecule is CCc1ncc2c(n1)CN(CC(=O)Nc1ccc(Cl)cn1)CC2. The van der Waals surface area contributed by atoms with Crippen molar-refractivity contribution in [2.45, 2.75) is 26.3 Å². The minimum Gasteiger partial charge on any atom is -0.310 e. The average Bonchev–Trinajstić information content (AvgIpc) is 2.56. The van der Waals surface area contributed by atoms with Crippen LogP contribution in [0.1, 0.15) is 24.0 Å². The summed E-state index contributed by atoms with van der Waals surface area (Å²) in [5.74, 6) is 1.26. The maximum atomic E-state index is 12.1. The van der Waals surface area contributed by atoms with Crippen LogP contribution in [0.15, 0.2) is 24.5 Å². The van der Waals surface area contributed by atoms with Crippen LogP contribution >= 0.6 is 11.6 Å². The van der Waals surface area contributed by atoms with Crippen molar-refractivity contribution in [1.29, 1.82) is 0 Å². The van der Waals surface area contributed by atoms with E-state index in [2.05, 4.69) is 25.2 Å². The molecule has 2 aromatic heterocycles. The molecule has 0 unspecified atom stereocenters. The third kappa shape index (κ3) is 4.03. The standard InChI is InChI=1S/C16H18ClN5O/c1-2-14-18-7-11-5-6-22(9-13(11)20-14)10-16(23)21-15-4-3-12(17)8-19-15/h3-4,7-8H,2,5-6,9-10H2,1H3,(H,19,21,23). The number of pyridine rings is 1. The van der Waals surface area contributed by atoms with E-state index in [9.17, 15) is 4.79 Å². The Morgan fingerprint density at radius 1 is 1.35 bits per heavy atom. The van der Waals surface area contributed by atoms with Crippen molar-refractivity contribution in [2.75, 3.05) is 18.4 Å². The molecular formula is C16H18ClN5O. The van der Waals surface area contributed by atoms with Gasteiger partial charge in [-0.15, -0.1) is 0 Å². The Kier molecular flexibility index (Phi) is 4.83. The highest BCUT2D eigenvalue weighted by atomic mass is 35.5. The van der Waals surface area contributed by atoms with Gasteiger partial charge in [-0.2, -0.15) is 0 Å². The lowest BCUT2D eigenvalue weighted by Gasteiger charge is -2.27. The van der Waals surface area contributed by atoms with Crippen molar-refractivity contribution in [3.05, 3.63) is 46.6 Å². The number of rotatable bonds is 4. The lowest BCUT2D eigenvalue weighted by molar-refractivity contribution is -0.117.